The Balaban J connectivity index is 1.47. The van der Waals surface area contributed by atoms with Crippen molar-refractivity contribution in [1.29, 1.82) is 0 Å². The van der Waals surface area contributed by atoms with Crippen molar-refractivity contribution in [2.24, 2.45) is 5.92 Å². The molecule has 0 aromatic heterocycles. The number of rotatable bonds is 10. The molecule has 0 aliphatic heterocycles. The van der Waals surface area contributed by atoms with Crippen LogP contribution in [0.25, 0.3) is 0 Å². The molecule has 3 rings (SSSR count). The molecule has 1 saturated carbocycles. The van der Waals surface area contributed by atoms with Gasteiger partial charge in [0.05, 0.1) is 6.61 Å². The first kappa shape index (κ1) is 17.1. The Kier molecular flexibility index (Phi) is 6.39. The first-order valence-electron chi connectivity index (χ1n) is 8.89. The summed E-state index contributed by atoms with van der Waals surface area (Å²) in [5.74, 6) is 0.303. The van der Waals surface area contributed by atoms with E-state index in [0.29, 0.717) is 25.2 Å². The maximum Gasteiger partial charge on any atom is 0.126 e. The fourth-order valence-corrected chi connectivity index (χ4v) is 2.89. The highest BCUT2D eigenvalue weighted by Crippen LogP contribution is 2.21. The van der Waals surface area contributed by atoms with Crippen molar-refractivity contribution >= 4 is 0 Å². The topological polar surface area (TPSA) is 21.3 Å². The van der Waals surface area contributed by atoms with Gasteiger partial charge in [0.15, 0.2) is 0 Å². The van der Waals surface area contributed by atoms with E-state index in [4.69, 9.17) is 4.74 Å². The molecule has 0 saturated heterocycles. The molecule has 1 unspecified atom stereocenters. The number of hydrogen-bond acceptors (Lipinski definition) is 2. The van der Waals surface area contributed by atoms with Gasteiger partial charge in [-0.3, -0.25) is 0 Å². The van der Waals surface area contributed by atoms with Crippen molar-refractivity contribution in [2.75, 3.05) is 13.2 Å². The fourth-order valence-electron chi connectivity index (χ4n) is 2.89. The lowest BCUT2D eigenvalue weighted by Gasteiger charge is -2.18. The Hall–Kier alpha value is -1.71. The van der Waals surface area contributed by atoms with E-state index >= 15 is 0 Å². The minimum absolute atomic E-state index is 0.0980. The molecule has 1 N–H and O–H groups in total. The second-order valence-corrected chi connectivity index (χ2v) is 6.67. The van der Waals surface area contributed by atoms with Crippen LogP contribution in [0.2, 0.25) is 0 Å². The zero-order valence-electron chi connectivity index (χ0n) is 14.1. The van der Waals surface area contributed by atoms with Crippen molar-refractivity contribution in [3.8, 4) is 0 Å². The SMILES string of the molecule is Fc1ccccc1CC(CCOCc1ccccc1)CNC1CC1. The van der Waals surface area contributed by atoms with E-state index in [1.165, 1.54) is 18.4 Å². The Labute approximate surface area is 144 Å². The van der Waals surface area contributed by atoms with Crippen LogP contribution in [0, 0.1) is 11.7 Å². The van der Waals surface area contributed by atoms with Gasteiger partial charge in [-0.2, -0.15) is 0 Å². The van der Waals surface area contributed by atoms with Crippen LogP contribution in [0.4, 0.5) is 4.39 Å². The van der Waals surface area contributed by atoms with Crippen LogP contribution in [0.15, 0.2) is 54.6 Å². The predicted octanol–water partition coefficient (Wildman–Crippen LogP) is 4.34. The molecule has 24 heavy (non-hydrogen) atoms. The van der Waals surface area contributed by atoms with Crippen LogP contribution >= 0.6 is 0 Å². The Bertz CT molecular complexity index is 612. The maximum absolute atomic E-state index is 13.9. The molecule has 0 heterocycles. The highest BCUT2D eigenvalue weighted by molar-refractivity contribution is 5.18. The van der Waals surface area contributed by atoms with E-state index < -0.39 is 0 Å². The third-order valence-electron chi connectivity index (χ3n) is 4.52. The molecule has 1 atom stereocenters. The maximum atomic E-state index is 13.9. The van der Waals surface area contributed by atoms with Gasteiger partial charge in [0.25, 0.3) is 0 Å². The zero-order chi connectivity index (χ0) is 16.6. The van der Waals surface area contributed by atoms with E-state index in [1.807, 2.05) is 30.3 Å². The summed E-state index contributed by atoms with van der Waals surface area (Å²) in [6.07, 6.45) is 4.26. The van der Waals surface area contributed by atoms with Crippen LogP contribution < -0.4 is 5.32 Å². The molecule has 0 radical (unpaired) electrons. The van der Waals surface area contributed by atoms with Gasteiger partial charge in [0, 0.05) is 12.6 Å². The van der Waals surface area contributed by atoms with Gasteiger partial charge < -0.3 is 10.1 Å². The summed E-state index contributed by atoms with van der Waals surface area (Å²) in [6, 6.07) is 18.0. The van der Waals surface area contributed by atoms with E-state index in [1.54, 1.807) is 12.1 Å². The molecule has 2 aromatic carbocycles. The van der Waals surface area contributed by atoms with Crippen LogP contribution in [0.5, 0.6) is 0 Å². The molecule has 0 bridgehead atoms. The molecule has 2 aromatic rings. The number of ether oxygens (including phenoxy) is 1. The fraction of sp³-hybridized carbons (Fsp3) is 0.429. The predicted molar refractivity (Wildman–Crippen MR) is 95.3 cm³/mol. The van der Waals surface area contributed by atoms with Crippen molar-refractivity contribution in [2.45, 2.75) is 38.3 Å². The van der Waals surface area contributed by atoms with Gasteiger partial charge in [0.1, 0.15) is 5.82 Å². The highest BCUT2D eigenvalue weighted by atomic mass is 19.1. The minimum Gasteiger partial charge on any atom is -0.377 e. The van der Waals surface area contributed by atoms with Crippen LogP contribution in [-0.4, -0.2) is 19.2 Å². The largest absolute Gasteiger partial charge is 0.377 e. The lowest BCUT2D eigenvalue weighted by atomic mass is 9.96. The first-order chi connectivity index (χ1) is 11.8. The molecule has 3 heteroatoms. The van der Waals surface area contributed by atoms with E-state index in [2.05, 4.69) is 17.4 Å². The van der Waals surface area contributed by atoms with Crippen molar-refractivity contribution in [3.05, 3.63) is 71.5 Å². The average molecular weight is 327 g/mol. The van der Waals surface area contributed by atoms with Crippen LogP contribution in [0.3, 0.4) is 0 Å². The quantitative estimate of drug-likeness (QED) is 0.655. The van der Waals surface area contributed by atoms with E-state index in [-0.39, 0.29) is 5.82 Å². The third kappa shape index (κ3) is 5.73. The van der Waals surface area contributed by atoms with Crippen molar-refractivity contribution in [1.82, 2.24) is 5.32 Å². The Morgan fingerprint density at radius 2 is 1.79 bits per heavy atom. The van der Waals surface area contributed by atoms with Gasteiger partial charge in [0.2, 0.25) is 0 Å². The summed E-state index contributed by atoms with van der Waals surface area (Å²) in [7, 11) is 0. The number of hydrogen-bond donors (Lipinski definition) is 1. The lowest BCUT2D eigenvalue weighted by molar-refractivity contribution is 0.107. The van der Waals surface area contributed by atoms with Crippen molar-refractivity contribution in [3.63, 3.8) is 0 Å². The number of benzene rings is 2. The summed E-state index contributed by atoms with van der Waals surface area (Å²) in [5, 5.41) is 3.58. The second kappa shape index (κ2) is 8.95. The molecule has 1 aliphatic rings. The number of nitrogens with one attached hydrogen (secondary N) is 1. The monoisotopic (exact) mass is 327 g/mol. The smallest absolute Gasteiger partial charge is 0.126 e. The molecule has 0 amide bonds. The molecule has 128 valence electrons. The second-order valence-electron chi connectivity index (χ2n) is 6.67. The molecule has 1 aliphatic carbocycles. The molecular weight excluding hydrogens is 301 g/mol. The van der Waals surface area contributed by atoms with E-state index in [0.717, 1.165) is 24.9 Å². The Morgan fingerprint density at radius 1 is 1.04 bits per heavy atom. The van der Waals surface area contributed by atoms with Gasteiger partial charge in [-0.05, 0) is 55.3 Å². The molecule has 1 fully saturated rings. The third-order valence-corrected chi connectivity index (χ3v) is 4.52. The molecular formula is C21H26FNO. The number of halogens is 1. The summed E-state index contributed by atoms with van der Waals surface area (Å²) >= 11 is 0. The normalized spacial score (nSPS) is 15.4. The van der Waals surface area contributed by atoms with Gasteiger partial charge in [-0.1, -0.05) is 48.5 Å². The minimum atomic E-state index is -0.0980. The summed E-state index contributed by atoms with van der Waals surface area (Å²) in [4.78, 5) is 0. The van der Waals surface area contributed by atoms with Crippen molar-refractivity contribution < 1.29 is 9.13 Å². The van der Waals surface area contributed by atoms with Gasteiger partial charge in [-0.25, -0.2) is 4.39 Å². The molecule has 2 nitrogen and oxygen atoms in total. The zero-order valence-corrected chi connectivity index (χ0v) is 14.1. The van der Waals surface area contributed by atoms with Crippen LogP contribution in [-0.2, 0) is 17.8 Å². The Morgan fingerprint density at radius 3 is 2.54 bits per heavy atom. The summed E-state index contributed by atoms with van der Waals surface area (Å²) in [5.41, 5.74) is 2.00. The first-order valence-corrected chi connectivity index (χ1v) is 8.89. The molecule has 0 spiro atoms. The summed E-state index contributed by atoms with van der Waals surface area (Å²) in [6.45, 7) is 2.29. The lowest BCUT2D eigenvalue weighted by Crippen LogP contribution is -2.27. The van der Waals surface area contributed by atoms with Crippen LogP contribution in [0.1, 0.15) is 30.4 Å². The van der Waals surface area contributed by atoms with Gasteiger partial charge in [-0.15, -0.1) is 0 Å². The highest BCUT2D eigenvalue weighted by Gasteiger charge is 2.22. The van der Waals surface area contributed by atoms with Gasteiger partial charge >= 0.3 is 0 Å². The standard InChI is InChI=1S/C21H26FNO/c22-21-9-5-4-8-19(21)14-18(15-23-20-10-11-20)12-13-24-16-17-6-2-1-3-7-17/h1-9,18,20,23H,10-16H2. The average Bonchev–Trinajstić information content (AvgIpc) is 3.43. The van der Waals surface area contributed by atoms with E-state index in [9.17, 15) is 4.39 Å². The summed E-state index contributed by atoms with van der Waals surface area (Å²) < 4.78 is 19.7.